The number of likely N-dealkylation sites (tertiary alicyclic amines) is 1. The van der Waals surface area contributed by atoms with E-state index < -0.39 is 0 Å². The van der Waals surface area contributed by atoms with E-state index in [4.69, 9.17) is 0 Å². The number of nitrogens with one attached hydrogen (secondary N) is 3. The summed E-state index contributed by atoms with van der Waals surface area (Å²) in [5.41, 5.74) is 1.09. The van der Waals surface area contributed by atoms with Gasteiger partial charge in [0.1, 0.15) is 0 Å². The maximum Gasteiger partial charge on any atom is 0.314 e. The highest BCUT2D eigenvalue weighted by Crippen LogP contribution is 2.11. The maximum absolute atomic E-state index is 12.0. The maximum atomic E-state index is 12.0. The normalized spacial score (nSPS) is 16.4. The standard InChI is InChI=1S/C20H34N4O/c1-17(2)19(23-18-10-5-3-6-11-18)16-22-20(25)21-12-9-15-24-13-7-4-8-14-24/h3,5-6,10-11,17,19,23H,4,7-9,12-16H2,1-2H3,(H2,21,22,25). The molecule has 25 heavy (non-hydrogen) atoms. The molecule has 1 atom stereocenters. The number of nitrogens with zero attached hydrogens (tertiary/aromatic N) is 1. The minimum Gasteiger partial charge on any atom is -0.380 e. The van der Waals surface area contributed by atoms with Gasteiger partial charge in [-0.2, -0.15) is 0 Å². The topological polar surface area (TPSA) is 56.4 Å². The molecule has 3 N–H and O–H groups in total. The molecule has 0 radical (unpaired) electrons. The number of carbonyl (C=O) groups is 1. The van der Waals surface area contributed by atoms with Crippen LogP contribution in [0, 0.1) is 5.92 Å². The van der Waals surface area contributed by atoms with Crippen molar-refractivity contribution in [1.82, 2.24) is 15.5 Å². The zero-order chi connectivity index (χ0) is 17.9. The van der Waals surface area contributed by atoms with Crippen molar-refractivity contribution < 1.29 is 4.79 Å². The first-order valence-corrected chi connectivity index (χ1v) is 9.71. The first-order chi connectivity index (χ1) is 12.1. The van der Waals surface area contributed by atoms with E-state index >= 15 is 0 Å². The van der Waals surface area contributed by atoms with Gasteiger partial charge in [0, 0.05) is 24.8 Å². The number of anilines is 1. The van der Waals surface area contributed by atoms with Gasteiger partial charge >= 0.3 is 6.03 Å². The number of para-hydroxylation sites is 1. The molecule has 0 aromatic heterocycles. The molecule has 1 heterocycles. The van der Waals surface area contributed by atoms with E-state index in [9.17, 15) is 4.79 Å². The summed E-state index contributed by atoms with van der Waals surface area (Å²) in [4.78, 5) is 14.5. The molecule has 1 fully saturated rings. The average molecular weight is 347 g/mol. The molecule has 1 aromatic carbocycles. The molecule has 5 nitrogen and oxygen atoms in total. The third-order valence-corrected chi connectivity index (χ3v) is 4.80. The Kier molecular flexibility index (Phi) is 8.60. The minimum absolute atomic E-state index is 0.0702. The molecule has 2 amide bonds. The number of piperidine rings is 1. The molecule has 1 unspecified atom stereocenters. The third-order valence-electron chi connectivity index (χ3n) is 4.80. The van der Waals surface area contributed by atoms with Crippen LogP contribution in [0.5, 0.6) is 0 Å². The molecule has 1 aliphatic rings. The number of hydrogen-bond donors (Lipinski definition) is 3. The van der Waals surface area contributed by atoms with Crippen molar-refractivity contribution in [3.63, 3.8) is 0 Å². The summed E-state index contributed by atoms with van der Waals surface area (Å²) in [7, 11) is 0. The van der Waals surface area contributed by atoms with Crippen molar-refractivity contribution >= 4 is 11.7 Å². The molecule has 1 saturated heterocycles. The van der Waals surface area contributed by atoms with Crippen molar-refractivity contribution in [2.24, 2.45) is 5.92 Å². The van der Waals surface area contributed by atoms with Crippen LogP contribution in [-0.4, -0.2) is 49.7 Å². The number of rotatable bonds is 9. The van der Waals surface area contributed by atoms with Gasteiger partial charge in [0.05, 0.1) is 0 Å². The molecular formula is C20H34N4O. The van der Waals surface area contributed by atoms with Crippen LogP contribution in [0.3, 0.4) is 0 Å². The van der Waals surface area contributed by atoms with Gasteiger partial charge < -0.3 is 20.9 Å². The molecule has 0 aliphatic carbocycles. The van der Waals surface area contributed by atoms with E-state index in [1.807, 2.05) is 18.2 Å². The highest BCUT2D eigenvalue weighted by Gasteiger charge is 2.14. The van der Waals surface area contributed by atoms with Gasteiger partial charge in [-0.05, 0) is 56.9 Å². The van der Waals surface area contributed by atoms with Crippen LogP contribution >= 0.6 is 0 Å². The second-order valence-electron chi connectivity index (χ2n) is 7.25. The van der Waals surface area contributed by atoms with Crippen LogP contribution in [0.1, 0.15) is 39.5 Å². The quantitative estimate of drug-likeness (QED) is 0.601. The smallest absolute Gasteiger partial charge is 0.314 e. The van der Waals surface area contributed by atoms with Crippen molar-refractivity contribution in [3.05, 3.63) is 30.3 Å². The van der Waals surface area contributed by atoms with Crippen molar-refractivity contribution in [3.8, 4) is 0 Å². The Bertz CT molecular complexity index is 486. The Hall–Kier alpha value is -1.75. The van der Waals surface area contributed by atoms with Gasteiger partial charge in [0.25, 0.3) is 0 Å². The Morgan fingerprint density at radius 1 is 1.08 bits per heavy atom. The summed E-state index contributed by atoms with van der Waals surface area (Å²) in [5, 5.41) is 9.47. The van der Waals surface area contributed by atoms with E-state index in [2.05, 4.69) is 46.8 Å². The van der Waals surface area contributed by atoms with Crippen molar-refractivity contribution in [2.75, 3.05) is 38.0 Å². The van der Waals surface area contributed by atoms with E-state index in [0.29, 0.717) is 12.5 Å². The van der Waals surface area contributed by atoms with E-state index in [-0.39, 0.29) is 12.1 Å². The summed E-state index contributed by atoms with van der Waals surface area (Å²) >= 11 is 0. The van der Waals surface area contributed by atoms with Crippen molar-refractivity contribution in [1.29, 1.82) is 0 Å². The van der Waals surface area contributed by atoms with Gasteiger partial charge in [-0.15, -0.1) is 0 Å². The van der Waals surface area contributed by atoms with Crippen LogP contribution in [0.25, 0.3) is 0 Å². The first-order valence-electron chi connectivity index (χ1n) is 9.71. The minimum atomic E-state index is -0.0702. The van der Waals surface area contributed by atoms with Crippen molar-refractivity contribution in [2.45, 2.75) is 45.6 Å². The summed E-state index contributed by atoms with van der Waals surface area (Å²) in [6, 6.07) is 10.3. The number of carbonyl (C=O) groups excluding carboxylic acids is 1. The fourth-order valence-corrected chi connectivity index (χ4v) is 3.15. The molecule has 0 spiro atoms. The highest BCUT2D eigenvalue weighted by molar-refractivity contribution is 5.73. The average Bonchev–Trinajstić information content (AvgIpc) is 2.63. The molecule has 2 rings (SSSR count). The Morgan fingerprint density at radius 2 is 1.80 bits per heavy atom. The predicted octanol–water partition coefficient (Wildman–Crippen LogP) is 3.30. The Labute approximate surface area is 152 Å². The summed E-state index contributed by atoms with van der Waals surface area (Å²) in [6.07, 6.45) is 5.02. The number of urea groups is 1. The summed E-state index contributed by atoms with van der Waals surface area (Å²) < 4.78 is 0. The van der Waals surface area contributed by atoms with Gasteiger partial charge in [-0.1, -0.05) is 38.5 Å². The molecule has 5 heteroatoms. The fourth-order valence-electron chi connectivity index (χ4n) is 3.15. The van der Waals surface area contributed by atoms with Crippen LogP contribution in [0.2, 0.25) is 0 Å². The second-order valence-corrected chi connectivity index (χ2v) is 7.25. The SMILES string of the molecule is CC(C)C(CNC(=O)NCCCN1CCCCC1)Nc1ccccc1. The molecular weight excluding hydrogens is 312 g/mol. The molecule has 140 valence electrons. The predicted molar refractivity (Wildman–Crippen MR) is 105 cm³/mol. The Morgan fingerprint density at radius 3 is 2.48 bits per heavy atom. The van der Waals surface area contributed by atoms with Gasteiger partial charge in [0.2, 0.25) is 0 Å². The lowest BCUT2D eigenvalue weighted by Gasteiger charge is -2.26. The van der Waals surface area contributed by atoms with Crippen LogP contribution in [-0.2, 0) is 0 Å². The van der Waals surface area contributed by atoms with Gasteiger partial charge in [0.15, 0.2) is 0 Å². The molecule has 1 aromatic rings. The highest BCUT2D eigenvalue weighted by atomic mass is 16.2. The van der Waals surface area contributed by atoms with Crippen LogP contribution < -0.4 is 16.0 Å². The zero-order valence-electron chi connectivity index (χ0n) is 15.8. The first kappa shape index (κ1) is 19.6. The lowest BCUT2D eigenvalue weighted by Crippen LogP contribution is -2.44. The van der Waals surface area contributed by atoms with Crippen LogP contribution in [0.4, 0.5) is 10.5 Å². The summed E-state index contributed by atoms with van der Waals surface area (Å²) in [6.45, 7) is 9.20. The van der Waals surface area contributed by atoms with Crippen LogP contribution in [0.15, 0.2) is 30.3 Å². The summed E-state index contributed by atoms with van der Waals surface area (Å²) in [5.74, 6) is 0.430. The third kappa shape index (κ3) is 7.78. The monoisotopic (exact) mass is 346 g/mol. The largest absolute Gasteiger partial charge is 0.380 e. The molecule has 1 aliphatic heterocycles. The molecule has 0 saturated carbocycles. The number of hydrogen-bond acceptors (Lipinski definition) is 3. The lowest BCUT2D eigenvalue weighted by atomic mass is 10.0. The number of amides is 2. The fraction of sp³-hybridized carbons (Fsp3) is 0.650. The Balaban J connectivity index is 1.61. The molecule has 0 bridgehead atoms. The van der Waals surface area contributed by atoms with E-state index in [1.54, 1.807) is 0 Å². The van der Waals surface area contributed by atoms with E-state index in [1.165, 1.54) is 32.4 Å². The lowest BCUT2D eigenvalue weighted by molar-refractivity contribution is 0.222. The second kappa shape index (κ2) is 11.0. The number of benzene rings is 1. The van der Waals surface area contributed by atoms with E-state index in [0.717, 1.165) is 25.2 Å². The van der Waals surface area contributed by atoms with Gasteiger partial charge in [-0.3, -0.25) is 0 Å². The zero-order valence-corrected chi connectivity index (χ0v) is 15.8. The van der Waals surface area contributed by atoms with Gasteiger partial charge in [-0.25, -0.2) is 4.79 Å².